The Labute approximate surface area is 155 Å². The van der Waals surface area contributed by atoms with Gasteiger partial charge in [-0.25, -0.2) is 0 Å². The van der Waals surface area contributed by atoms with Gasteiger partial charge in [-0.3, -0.25) is 15.0 Å². The van der Waals surface area contributed by atoms with E-state index in [9.17, 15) is 9.59 Å². The third-order valence-electron chi connectivity index (χ3n) is 3.50. The lowest BCUT2D eigenvalue weighted by Gasteiger charge is -2.44. The molecular formula is C14H20Cl3NO6. The van der Waals surface area contributed by atoms with Crippen molar-refractivity contribution in [2.75, 3.05) is 0 Å². The van der Waals surface area contributed by atoms with Gasteiger partial charge in [-0.15, -0.1) is 0 Å². The van der Waals surface area contributed by atoms with Crippen LogP contribution in [0.5, 0.6) is 0 Å². The summed E-state index contributed by atoms with van der Waals surface area (Å²) in [4.78, 5) is 22.8. The van der Waals surface area contributed by atoms with Gasteiger partial charge in [0.15, 0.2) is 0 Å². The van der Waals surface area contributed by atoms with Gasteiger partial charge in [0, 0.05) is 19.8 Å². The molecule has 0 unspecified atom stereocenters. The van der Waals surface area contributed by atoms with Crippen LogP contribution in [0.3, 0.4) is 0 Å². The summed E-state index contributed by atoms with van der Waals surface area (Å²) in [6.07, 6.45) is -2.96. The number of nitrogens with one attached hydrogen (secondary N) is 1. The molecule has 1 saturated heterocycles. The van der Waals surface area contributed by atoms with Crippen molar-refractivity contribution in [1.29, 1.82) is 5.41 Å². The number of halogens is 3. The van der Waals surface area contributed by atoms with E-state index in [2.05, 4.69) is 0 Å². The van der Waals surface area contributed by atoms with Gasteiger partial charge in [0.25, 0.3) is 3.79 Å². The Bertz CT molecular complexity index is 495. The summed E-state index contributed by atoms with van der Waals surface area (Å²) in [6, 6.07) is 0. The molecule has 0 aromatic carbocycles. The van der Waals surface area contributed by atoms with E-state index in [-0.39, 0.29) is 12.0 Å². The summed E-state index contributed by atoms with van der Waals surface area (Å²) in [7, 11) is 0. The second-order valence-electron chi connectivity index (χ2n) is 5.40. The Balaban J connectivity index is 3.12. The summed E-state index contributed by atoms with van der Waals surface area (Å²) in [6.45, 7) is 6.11. The van der Waals surface area contributed by atoms with Crippen LogP contribution in [0.4, 0.5) is 0 Å². The van der Waals surface area contributed by atoms with Crippen LogP contribution in [-0.4, -0.2) is 46.2 Å². The zero-order valence-electron chi connectivity index (χ0n) is 13.7. The number of carbonyl (C=O) groups is 2. The van der Waals surface area contributed by atoms with Crippen molar-refractivity contribution >= 4 is 52.6 Å². The molecule has 1 aliphatic rings. The lowest BCUT2D eigenvalue weighted by atomic mass is 9.89. The topological polar surface area (TPSA) is 94.9 Å². The number of alkyl halides is 3. The van der Waals surface area contributed by atoms with E-state index in [1.54, 1.807) is 6.92 Å². The highest BCUT2D eigenvalue weighted by molar-refractivity contribution is 6.76. The van der Waals surface area contributed by atoms with Crippen molar-refractivity contribution in [1.82, 2.24) is 0 Å². The van der Waals surface area contributed by atoms with Crippen molar-refractivity contribution in [2.24, 2.45) is 5.92 Å². The minimum absolute atomic E-state index is 0.273. The van der Waals surface area contributed by atoms with Gasteiger partial charge in [-0.1, -0.05) is 48.7 Å². The first-order chi connectivity index (χ1) is 11.0. The van der Waals surface area contributed by atoms with Crippen LogP contribution < -0.4 is 0 Å². The molecule has 0 spiro atoms. The van der Waals surface area contributed by atoms with Crippen LogP contribution in [0.1, 0.15) is 34.1 Å². The number of ether oxygens (including phenoxy) is 4. The van der Waals surface area contributed by atoms with Crippen LogP contribution in [-0.2, 0) is 28.5 Å². The molecule has 24 heavy (non-hydrogen) atoms. The van der Waals surface area contributed by atoms with Crippen LogP contribution in [0.25, 0.3) is 0 Å². The average molecular weight is 405 g/mol. The molecule has 0 aromatic rings. The largest absolute Gasteiger partial charge is 0.458 e. The molecule has 0 aromatic heterocycles. The Hall–Kier alpha value is -0.760. The van der Waals surface area contributed by atoms with Crippen molar-refractivity contribution in [3.8, 4) is 0 Å². The monoisotopic (exact) mass is 403 g/mol. The van der Waals surface area contributed by atoms with Crippen molar-refractivity contribution in [2.45, 2.75) is 62.5 Å². The van der Waals surface area contributed by atoms with E-state index >= 15 is 0 Å². The molecule has 1 rings (SSSR count). The van der Waals surface area contributed by atoms with E-state index in [0.29, 0.717) is 6.42 Å². The summed E-state index contributed by atoms with van der Waals surface area (Å²) >= 11 is 16.8. The van der Waals surface area contributed by atoms with Crippen molar-refractivity contribution in [3.05, 3.63) is 0 Å². The van der Waals surface area contributed by atoms with E-state index < -0.39 is 40.1 Å². The zero-order chi connectivity index (χ0) is 18.7. The predicted molar refractivity (Wildman–Crippen MR) is 88.3 cm³/mol. The highest BCUT2D eigenvalue weighted by Crippen LogP contribution is 2.35. The highest BCUT2D eigenvalue weighted by Gasteiger charge is 2.49. The molecule has 7 nitrogen and oxygen atoms in total. The van der Waals surface area contributed by atoms with Gasteiger partial charge in [0.1, 0.15) is 6.10 Å². The van der Waals surface area contributed by atoms with E-state index in [0.717, 1.165) is 0 Å². The van der Waals surface area contributed by atoms with Gasteiger partial charge >= 0.3 is 11.9 Å². The van der Waals surface area contributed by atoms with Gasteiger partial charge in [-0.05, 0) is 6.42 Å². The van der Waals surface area contributed by atoms with E-state index in [4.69, 9.17) is 59.2 Å². The number of esters is 2. The maximum atomic E-state index is 11.4. The molecule has 1 N–H and O–H groups in total. The molecular weight excluding hydrogens is 385 g/mol. The SMILES string of the molecule is CC[C@H]1O[C@H](OC(=N)C(Cl)(Cl)Cl)[C@@H](OC(C)=O)[C@@H](OC(C)=O)[C@@H]1C. The summed E-state index contributed by atoms with van der Waals surface area (Å²) in [5, 5.41) is 7.68. The molecule has 0 bridgehead atoms. The highest BCUT2D eigenvalue weighted by atomic mass is 35.6. The Morgan fingerprint density at radius 2 is 1.58 bits per heavy atom. The first kappa shape index (κ1) is 21.3. The van der Waals surface area contributed by atoms with Crippen molar-refractivity contribution in [3.63, 3.8) is 0 Å². The summed E-state index contributed by atoms with van der Waals surface area (Å²) in [5.41, 5.74) is 0. The molecule has 0 radical (unpaired) electrons. The predicted octanol–water partition coefficient (Wildman–Crippen LogP) is 2.98. The van der Waals surface area contributed by atoms with E-state index in [1.165, 1.54) is 13.8 Å². The lowest BCUT2D eigenvalue weighted by molar-refractivity contribution is -0.270. The third-order valence-corrected chi connectivity index (χ3v) is 4.02. The fraction of sp³-hybridized carbons (Fsp3) is 0.786. The minimum Gasteiger partial charge on any atom is -0.458 e. The smallest absolute Gasteiger partial charge is 0.303 e. The summed E-state index contributed by atoms with van der Waals surface area (Å²) < 4.78 is 19.4. The standard InChI is InChI=1S/C14H20Cl3NO6/c1-5-9-6(2)10(21-7(3)19)11(22-8(4)20)12(23-9)24-13(18)14(15,16)17/h6,9-12,18H,5H2,1-4H3/t6-,9-,10+,11+,12-/m1/s1. The van der Waals surface area contributed by atoms with Crippen LogP contribution in [0.15, 0.2) is 0 Å². The quantitative estimate of drug-likeness (QED) is 0.335. The molecule has 0 amide bonds. The van der Waals surface area contributed by atoms with Crippen molar-refractivity contribution < 1.29 is 28.5 Å². The van der Waals surface area contributed by atoms with E-state index in [1.807, 2.05) is 6.92 Å². The number of hydrogen-bond acceptors (Lipinski definition) is 7. The average Bonchev–Trinajstić information content (AvgIpc) is 2.43. The fourth-order valence-corrected chi connectivity index (χ4v) is 2.60. The molecule has 0 aliphatic carbocycles. The number of rotatable bonds is 4. The molecule has 1 aliphatic heterocycles. The second kappa shape index (κ2) is 8.56. The maximum absolute atomic E-state index is 11.4. The summed E-state index contributed by atoms with van der Waals surface area (Å²) in [5.74, 6) is -2.14. The fourth-order valence-electron chi connectivity index (χ4n) is 2.47. The molecule has 0 saturated carbocycles. The third kappa shape index (κ3) is 5.65. The second-order valence-corrected chi connectivity index (χ2v) is 7.68. The van der Waals surface area contributed by atoms with Gasteiger partial charge in [0.2, 0.25) is 18.3 Å². The normalized spacial score (nSPS) is 30.4. The zero-order valence-corrected chi connectivity index (χ0v) is 15.9. The molecule has 1 fully saturated rings. The molecule has 1 heterocycles. The first-order valence-electron chi connectivity index (χ1n) is 7.29. The van der Waals surface area contributed by atoms with Crippen LogP contribution >= 0.6 is 34.8 Å². The van der Waals surface area contributed by atoms with Crippen LogP contribution in [0.2, 0.25) is 0 Å². The van der Waals surface area contributed by atoms with Gasteiger partial charge in [0.05, 0.1) is 6.10 Å². The van der Waals surface area contributed by atoms with Crippen LogP contribution in [0, 0.1) is 11.3 Å². The minimum atomic E-state index is -2.11. The Kier molecular flexibility index (Phi) is 7.59. The molecule has 5 atom stereocenters. The van der Waals surface area contributed by atoms with Gasteiger partial charge in [-0.2, -0.15) is 0 Å². The maximum Gasteiger partial charge on any atom is 0.303 e. The number of carbonyl (C=O) groups excluding carboxylic acids is 2. The molecule has 10 heteroatoms. The first-order valence-corrected chi connectivity index (χ1v) is 8.43. The Morgan fingerprint density at radius 1 is 1.08 bits per heavy atom. The Morgan fingerprint density at radius 3 is 2.00 bits per heavy atom. The lowest BCUT2D eigenvalue weighted by Crippen LogP contribution is -2.58. The molecule has 138 valence electrons. The number of hydrogen-bond donors (Lipinski definition) is 1. The van der Waals surface area contributed by atoms with Gasteiger partial charge < -0.3 is 18.9 Å².